The monoisotopic (exact) mass is 468 g/mol. The third-order valence-electron chi connectivity index (χ3n) is 6.34. The van der Waals surface area contributed by atoms with Gasteiger partial charge in [-0.05, 0) is 28.2 Å². The zero-order valence-corrected chi connectivity index (χ0v) is 19.7. The van der Waals surface area contributed by atoms with Crippen LogP contribution in [0.15, 0.2) is 48.5 Å². The Morgan fingerprint density at radius 1 is 1.00 bits per heavy atom. The predicted molar refractivity (Wildman–Crippen MR) is 128 cm³/mol. The lowest BCUT2D eigenvalue weighted by atomic mass is 9.97. The van der Waals surface area contributed by atoms with Crippen LogP contribution in [0, 0.1) is 5.92 Å². The summed E-state index contributed by atoms with van der Waals surface area (Å²) in [4.78, 5) is 37.1. The van der Waals surface area contributed by atoms with Gasteiger partial charge in [-0.15, -0.1) is 0 Å². The van der Waals surface area contributed by atoms with Crippen LogP contribution in [-0.4, -0.2) is 55.5 Å². The first-order valence-electron chi connectivity index (χ1n) is 11.5. The fourth-order valence-electron chi connectivity index (χ4n) is 4.22. The lowest BCUT2D eigenvalue weighted by molar-refractivity contribution is -0.142. The van der Waals surface area contributed by atoms with Crippen LogP contribution in [0.3, 0.4) is 0 Å². The first-order chi connectivity index (χ1) is 16.4. The van der Waals surface area contributed by atoms with E-state index in [1.165, 1.54) is 7.11 Å². The minimum Gasteiger partial charge on any atom is -0.480 e. The number of fused-ring (bicyclic) bond motifs is 3. The molecule has 34 heavy (non-hydrogen) atoms. The molecule has 1 unspecified atom stereocenters. The molecule has 8 heteroatoms. The molecule has 1 aliphatic rings. The van der Waals surface area contributed by atoms with Crippen LogP contribution in [0.4, 0.5) is 4.79 Å². The zero-order valence-electron chi connectivity index (χ0n) is 19.7. The number of rotatable bonds is 11. The molecule has 2 aromatic carbocycles. The number of methoxy groups -OCH3 is 1. The number of alkyl carbamates (subject to hydrolysis) is 1. The second-order valence-electron chi connectivity index (χ2n) is 8.51. The minimum absolute atomic E-state index is 0.0977. The summed E-state index contributed by atoms with van der Waals surface area (Å²) in [7, 11) is 1.46. The molecule has 0 fully saturated rings. The van der Waals surface area contributed by atoms with Gasteiger partial charge in [-0.1, -0.05) is 68.8 Å². The van der Waals surface area contributed by atoms with Crippen molar-refractivity contribution in [3.8, 4) is 11.1 Å². The highest BCUT2D eigenvalue weighted by molar-refractivity contribution is 5.89. The molecule has 0 aliphatic heterocycles. The largest absolute Gasteiger partial charge is 0.480 e. The van der Waals surface area contributed by atoms with Gasteiger partial charge >= 0.3 is 12.1 Å². The number of ether oxygens (including phenoxy) is 2. The summed E-state index contributed by atoms with van der Waals surface area (Å²) in [6.07, 6.45) is 0.0129. The molecule has 0 spiro atoms. The maximum atomic E-state index is 12.9. The molecule has 3 atom stereocenters. The van der Waals surface area contributed by atoms with Crippen LogP contribution in [0.2, 0.25) is 0 Å². The van der Waals surface area contributed by atoms with Gasteiger partial charge in [-0.3, -0.25) is 4.79 Å². The van der Waals surface area contributed by atoms with E-state index in [-0.39, 0.29) is 31.5 Å². The number of amides is 2. The Labute approximate surface area is 199 Å². The SMILES string of the molecule is CC[C@H](C)[C@H](NC(=O)OCC1c2ccccc2-c2ccccc21)C(=O)NC(CCOC)C(=O)O. The lowest BCUT2D eigenvalue weighted by Crippen LogP contribution is -2.54. The smallest absolute Gasteiger partial charge is 0.407 e. The summed E-state index contributed by atoms with van der Waals surface area (Å²) in [6.45, 7) is 4.02. The fraction of sp³-hybridized carbons (Fsp3) is 0.423. The summed E-state index contributed by atoms with van der Waals surface area (Å²) >= 11 is 0. The predicted octanol–water partition coefficient (Wildman–Crippen LogP) is 3.55. The van der Waals surface area contributed by atoms with Crippen molar-refractivity contribution >= 4 is 18.0 Å². The molecule has 1 aliphatic carbocycles. The minimum atomic E-state index is -1.16. The number of carboxylic acid groups (broad SMARTS) is 1. The molecule has 0 bridgehead atoms. The second-order valence-corrected chi connectivity index (χ2v) is 8.51. The summed E-state index contributed by atoms with van der Waals surface area (Å²) in [5, 5.41) is 14.5. The van der Waals surface area contributed by atoms with Crippen molar-refractivity contribution in [1.29, 1.82) is 0 Å². The van der Waals surface area contributed by atoms with Crippen LogP contribution in [0.1, 0.15) is 43.7 Å². The van der Waals surface area contributed by atoms with Crippen LogP contribution in [-0.2, 0) is 19.1 Å². The van der Waals surface area contributed by atoms with E-state index in [1.807, 2.05) is 50.2 Å². The normalized spacial score (nSPS) is 14.9. The zero-order chi connectivity index (χ0) is 24.7. The van der Waals surface area contributed by atoms with E-state index in [0.717, 1.165) is 22.3 Å². The highest BCUT2D eigenvalue weighted by Gasteiger charge is 2.32. The maximum absolute atomic E-state index is 12.9. The van der Waals surface area contributed by atoms with Crippen molar-refractivity contribution in [2.75, 3.05) is 20.3 Å². The van der Waals surface area contributed by atoms with Crippen LogP contribution in [0.25, 0.3) is 11.1 Å². The molecule has 182 valence electrons. The highest BCUT2D eigenvalue weighted by Crippen LogP contribution is 2.44. The molecular weight excluding hydrogens is 436 g/mol. The molecular formula is C26H32N2O6. The van der Waals surface area contributed by atoms with Crippen molar-refractivity contribution in [3.05, 3.63) is 59.7 Å². The topological polar surface area (TPSA) is 114 Å². The van der Waals surface area contributed by atoms with Gasteiger partial charge in [0.25, 0.3) is 0 Å². The molecule has 0 saturated heterocycles. The maximum Gasteiger partial charge on any atom is 0.407 e. The summed E-state index contributed by atoms with van der Waals surface area (Å²) in [6, 6.07) is 14.0. The molecule has 0 aromatic heterocycles. The average Bonchev–Trinajstić information content (AvgIpc) is 3.16. The Balaban J connectivity index is 1.66. The first-order valence-corrected chi connectivity index (χ1v) is 11.5. The van der Waals surface area contributed by atoms with E-state index in [0.29, 0.717) is 6.42 Å². The molecule has 2 amide bonds. The molecule has 0 saturated carbocycles. The van der Waals surface area contributed by atoms with Crippen LogP contribution in [0.5, 0.6) is 0 Å². The first kappa shape index (κ1) is 25.2. The summed E-state index contributed by atoms with van der Waals surface area (Å²) in [5.41, 5.74) is 4.44. The summed E-state index contributed by atoms with van der Waals surface area (Å²) < 4.78 is 10.5. The molecule has 3 rings (SSSR count). The van der Waals surface area contributed by atoms with E-state index >= 15 is 0 Å². The van der Waals surface area contributed by atoms with Gasteiger partial charge in [-0.25, -0.2) is 9.59 Å². The lowest BCUT2D eigenvalue weighted by Gasteiger charge is -2.25. The fourth-order valence-corrected chi connectivity index (χ4v) is 4.22. The number of hydrogen-bond donors (Lipinski definition) is 3. The van der Waals surface area contributed by atoms with E-state index in [1.54, 1.807) is 0 Å². The van der Waals surface area contributed by atoms with Crippen LogP contribution < -0.4 is 10.6 Å². The van der Waals surface area contributed by atoms with E-state index < -0.39 is 30.1 Å². The number of carbonyl (C=O) groups is 3. The Kier molecular flexibility index (Phi) is 8.65. The standard InChI is InChI=1S/C26H32N2O6/c1-4-16(2)23(24(29)27-22(25(30)31)13-14-33-3)28-26(32)34-15-21-19-11-7-5-9-17(19)18-10-6-8-12-20(18)21/h5-12,16,21-23H,4,13-15H2,1-3H3,(H,27,29)(H,28,32)(H,30,31)/t16-,22?,23-/m0/s1. The Morgan fingerprint density at radius 2 is 1.59 bits per heavy atom. The van der Waals surface area contributed by atoms with Gasteiger partial charge in [0.1, 0.15) is 18.7 Å². The van der Waals surface area contributed by atoms with E-state index in [9.17, 15) is 19.5 Å². The average molecular weight is 469 g/mol. The van der Waals surface area contributed by atoms with E-state index in [2.05, 4.69) is 22.8 Å². The van der Waals surface area contributed by atoms with Crippen molar-refractivity contribution < 1.29 is 29.0 Å². The molecule has 0 radical (unpaired) electrons. The van der Waals surface area contributed by atoms with Gasteiger partial charge in [0.2, 0.25) is 5.91 Å². The number of aliphatic carboxylic acids is 1. The van der Waals surface area contributed by atoms with Gasteiger partial charge < -0.3 is 25.2 Å². The Morgan fingerprint density at radius 3 is 2.12 bits per heavy atom. The van der Waals surface area contributed by atoms with Crippen molar-refractivity contribution in [2.45, 2.75) is 44.7 Å². The highest BCUT2D eigenvalue weighted by atomic mass is 16.5. The Bertz CT molecular complexity index is 978. The van der Waals surface area contributed by atoms with Crippen molar-refractivity contribution in [3.63, 3.8) is 0 Å². The molecule has 2 aromatic rings. The van der Waals surface area contributed by atoms with Gasteiger partial charge in [-0.2, -0.15) is 0 Å². The second kappa shape index (κ2) is 11.7. The van der Waals surface area contributed by atoms with Crippen LogP contribution >= 0.6 is 0 Å². The molecule has 8 nitrogen and oxygen atoms in total. The number of carboxylic acids is 1. The number of benzene rings is 2. The summed E-state index contributed by atoms with van der Waals surface area (Å²) in [5.74, 6) is -2.04. The van der Waals surface area contributed by atoms with E-state index in [4.69, 9.17) is 9.47 Å². The molecule has 3 N–H and O–H groups in total. The third-order valence-corrected chi connectivity index (χ3v) is 6.34. The number of carbonyl (C=O) groups excluding carboxylic acids is 2. The number of nitrogens with one attached hydrogen (secondary N) is 2. The van der Waals surface area contributed by atoms with Crippen molar-refractivity contribution in [2.24, 2.45) is 5.92 Å². The number of hydrogen-bond acceptors (Lipinski definition) is 5. The molecule has 0 heterocycles. The quantitative estimate of drug-likeness (QED) is 0.465. The van der Waals surface area contributed by atoms with Gasteiger partial charge in [0.15, 0.2) is 0 Å². The van der Waals surface area contributed by atoms with Gasteiger partial charge in [0.05, 0.1) is 0 Å². The van der Waals surface area contributed by atoms with Gasteiger partial charge in [0, 0.05) is 26.1 Å². The Hall–Kier alpha value is -3.39. The van der Waals surface area contributed by atoms with Crippen molar-refractivity contribution in [1.82, 2.24) is 10.6 Å². The third kappa shape index (κ3) is 5.75.